The number of rotatable bonds is 3. The second-order valence-corrected chi connectivity index (χ2v) is 4.56. The van der Waals surface area contributed by atoms with E-state index < -0.39 is 11.7 Å². The minimum Gasteiger partial charge on any atom is -0.321 e. The number of para-hydroxylation sites is 1. The molecule has 0 bridgehead atoms. The summed E-state index contributed by atoms with van der Waals surface area (Å²) in [5, 5.41) is 2.39. The second-order valence-electron chi connectivity index (χ2n) is 4.16. The number of nitrogens with one attached hydrogen (secondary N) is 1. The van der Waals surface area contributed by atoms with Gasteiger partial charge in [-0.1, -0.05) is 29.8 Å². The van der Waals surface area contributed by atoms with Gasteiger partial charge in [-0.15, -0.1) is 0 Å². The fraction of sp³-hybridized carbons (Fsp3) is 0.0667. The van der Waals surface area contributed by atoms with E-state index in [0.717, 1.165) is 0 Å². The third-order valence-electron chi connectivity index (χ3n) is 2.75. The molecule has 0 saturated carbocycles. The number of hydrogen-bond donors (Lipinski definition) is 1. The van der Waals surface area contributed by atoms with E-state index in [1.807, 2.05) is 0 Å². The summed E-state index contributed by atoms with van der Waals surface area (Å²) in [7, 11) is 0. The lowest BCUT2D eigenvalue weighted by Crippen LogP contribution is -2.15. The summed E-state index contributed by atoms with van der Waals surface area (Å²) in [4.78, 5) is 23.5. The Morgan fingerprint density at radius 1 is 1.05 bits per heavy atom. The molecule has 0 aromatic heterocycles. The van der Waals surface area contributed by atoms with Gasteiger partial charge >= 0.3 is 0 Å². The molecule has 2 aromatic carbocycles. The van der Waals surface area contributed by atoms with Gasteiger partial charge < -0.3 is 5.32 Å². The first-order chi connectivity index (χ1) is 9.50. The van der Waals surface area contributed by atoms with E-state index in [4.69, 9.17) is 11.6 Å². The fourth-order valence-corrected chi connectivity index (χ4v) is 1.94. The highest BCUT2D eigenvalue weighted by Crippen LogP contribution is 2.21. The monoisotopic (exact) mass is 291 g/mol. The molecule has 0 aliphatic rings. The van der Waals surface area contributed by atoms with Gasteiger partial charge in [0.15, 0.2) is 11.6 Å². The van der Waals surface area contributed by atoms with Crippen molar-refractivity contribution in [3.63, 3.8) is 0 Å². The van der Waals surface area contributed by atoms with Gasteiger partial charge in [0.05, 0.1) is 16.3 Å². The summed E-state index contributed by atoms with van der Waals surface area (Å²) in [6.07, 6.45) is 0. The molecule has 0 radical (unpaired) electrons. The Bertz CT molecular complexity index is 685. The Balaban J connectivity index is 2.33. The first-order valence-corrected chi connectivity index (χ1v) is 6.24. The zero-order valence-electron chi connectivity index (χ0n) is 10.6. The summed E-state index contributed by atoms with van der Waals surface area (Å²) < 4.78 is 13.8. The molecule has 2 aromatic rings. The number of carbonyl (C=O) groups is 2. The maximum absolute atomic E-state index is 13.8. The maximum Gasteiger partial charge on any atom is 0.258 e. The van der Waals surface area contributed by atoms with Crippen LogP contribution in [-0.2, 0) is 0 Å². The smallest absolute Gasteiger partial charge is 0.258 e. The number of carbonyl (C=O) groups excluding carboxylic acids is 2. The molecule has 0 aliphatic carbocycles. The van der Waals surface area contributed by atoms with Crippen LogP contribution in [0.3, 0.4) is 0 Å². The molecular formula is C15H11ClFNO2. The molecule has 102 valence electrons. The number of amides is 1. The number of anilines is 1. The number of ketones is 1. The minimum absolute atomic E-state index is 0.127. The predicted octanol–water partition coefficient (Wildman–Crippen LogP) is 3.93. The van der Waals surface area contributed by atoms with Crippen molar-refractivity contribution in [2.45, 2.75) is 6.92 Å². The number of Topliss-reactive ketones (excluding diaryl/α,β-unsaturated/α-hetero) is 1. The molecule has 0 fully saturated rings. The Hall–Kier alpha value is -2.20. The van der Waals surface area contributed by atoms with Gasteiger partial charge in [0.2, 0.25) is 0 Å². The summed E-state index contributed by atoms with van der Waals surface area (Å²) in [6.45, 7) is 1.39. The van der Waals surface area contributed by atoms with E-state index in [9.17, 15) is 14.0 Å². The van der Waals surface area contributed by atoms with E-state index in [1.165, 1.54) is 25.1 Å². The molecule has 1 amide bonds. The van der Waals surface area contributed by atoms with Crippen molar-refractivity contribution in [3.05, 3.63) is 64.4 Å². The highest BCUT2D eigenvalue weighted by atomic mass is 35.5. The Morgan fingerprint density at radius 3 is 2.40 bits per heavy atom. The number of halogens is 2. The van der Waals surface area contributed by atoms with Crippen LogP contribution in [0.25, 0.3) is 0 Å². The van der Waals surface area contributed by atoms with Crippen molar-refractivity contribution >= 4 is 29.0 Å². The molecule has 2 rings (SSSR count). The highest BCUT2D eigenvalue weighted by molar-refractivity contribution is 6.31. The molecule has 0 heterocycles. The van der Waals surface area contributed by atoms with Crippen molar-refractivity contribution in [2.24, 2.45) is 0 Å². The zero-order chi connectivity index (χ0) is 14.7. The molecule has 0 unspecified atom stereocenters. The lowest BCUT2D eigenvalue weighted by molar-refractivity contribution is 0.101. The number of benzene rings is 2. The van der Waals surface area contributed by atoms with Crippen LogP contribution in [0.15, 0.2) is 42.5 Å². The third-order valence-corrected chi connectivity index (χ3v) is 3.04. The first kappa shape index (κ1) is 14.2. The standard InChI is InChI=1S/C15H11ClFNO2/c1-9(19)10-5-2-3-8-13(10)18-15(20)11-6-4-7-12(16)14(11)17/h2-8H,1H3,(H,18,20). The van der Waals surface area contributed by atoms with Gasteiger partial charge in [-0.25, -0.2) is 4.39 Å². The van der Waals surface area contributed by atoms with E-state index in [0.29, 0.717) is 11.3 Å². The molecule has 0 saturated heterocycles. The van der Waals surface area contributed by atoms with Gasteiger partial charge in [-0.3, -0.25) is 9.59 Å². The summed E-state index contributed by atoms with van der Waals surface area (Å²) in [5.41, 5.74) is 0.531. The van der Waals surface area contributed by atoms with Gasteiger partial charge in [-0.2, -0.15) is 0 Å². The molecule has 0 spiro atoms. The predicted molar refractivity (Wildman–Crippen MR) is 75.8 cm³/mol. The van der Waals surface area contributed by atoms with Crippen LogP contribution in [-0.4, -0.2) is 11.7 Å². The Labute approximate surface area is 120 Å². The normalized spacial score (nSPS) is 10.2. The van der Waals surface area contributed by atoms with Crippen molar-refractivity contribution in [2.75, 3.05) is 5.32 Å². The fourth-order valence-electron chi connectivity index (χ4n) is 1.77. The van der Waals surface area contributed by atoms with Crippen LogP contribution in [0, 0.1) is 5.82 Å². The zero-order valence-corrected chi connectivity index (χ0v) is 11.4. The second kappa shape index (κ2) is 5.84. The Morgan fingerprint density at radius 2 is 1.70 bits per heavy atom. The van der Waals surface area contributed by atoms with Crippen molar-refractivity contribution < 1.29 is 14.0 Å². The maximum atomic E-state index is 13.8. The van der Waals surface area contributed by atoms with E-state index in [1.54, 1.807) is 24.3 Å². The van der Waals surface area contributed by atoms with Crippen molar-refractivity contribution in [1.29, 1.82) is 0 Å². The molecule has 0 atom stereocenters. The minimum atomic E-state index is -0.785. The molecule has 1 N–H and O–H groups in total. The van der Waals surface area contributed by atoms with Crippen molar-refractivity contribution in [1.82, 2.24) is 0 Å². The first-order valence-electron chi connectivity index (χ1n) is 5.86. The van der Waals surface area contributed by atoms with Gasteiger partial charge in [0.1, 0.15) is 0 Å². The summed E-state index contributed by atoms with van der Waals surface area (Å²) in [5.74, 6) is -1.63. The summed E-state index contributed by atoms with van der Waals surface area (Å²) in [6, 6.07) is 10.7. The van der Waals surface area contributed by atoms with Crippen LogP contribution < -0.4 is 5.32 Å². The van der Waals surface area contributed by atoms with E-state index in [2.05, 4.69) is 5.32 Å². The van der Waals surface area contributed by atoms with Crippen LogP contribution in [0.1, 0.15) is 27.6 Å². The van der Waals surface area contributed by atoms with Gasteiger partial charge in [0, 0.05) is 5.56 Å². The largest absolute Gasteiger partial charge is 0.321 e. The average Bonchev–Trinajstić information content (AvgIpc) is 2.42. The Kier molecular flexibility index (Phi) is 4.15. The van der Waals surface area contributed by atoms with Gasteiger partial charge in [-0.05, 0) is 31.2 Å². The average molecular weight is 292 g/mol. The van der Waals surface area contributed by atoms with Crippen LogP contribution in [0.5, 0.6) is 0 Å². The summed E-state index contributed by atoms with van der Waals surface area (Å²) >= 11 is 5.63. The van der Waals surface area contributed by atoms with Crippen LogP contribution in [0.4, 0.5) is 10.1 Å². The SMILES string of the molecule is CC(=O)c1ccccc1NC(=O)c1cccc(Cl)c1F. The molecule has 20 heavy (non-hydrogen) atoms. The van der Waals surface area contributed by atoms with Crippen LogP contribution >= 0.6 is 11.6 Å². The van der Waals surface area contributed by atoms with E-state index in [-0.39, 0.29) is 16.4 Å². The molecule has 5 heteroatoms. The highest BCUT2D eigenvalue weighted by Gasteiger charge is 2.16. The lowest BCUT2D eigenvalue weighted by atomic mass is 10.1. The molecular weight excluding hydrogens is 281 g/mol. The topological polar surface area (TPSA) is 46.2 Å². The van der Waals surface area contributed by atoms with E-state index >= 15 is 0 Å². The number of hydrogen-bond acceptors (Lipinski definition) is 2. The quantitative estimate of drug-likeness (QED) is 0.871. The molecule has 0 aliphatic heterocycles. The molecule has 3 nitrogen and oxygen atoms in total. The van der Waals surface area contributed by atoms with Crippen molar-refractivity contribution in [3.8, 4) is 0 Å². The van der Waals surface area contributed by atoms with Crippen LogP contribution in [0.2, 0.25) is 5.02 Å². The van der Waals surface area contributed by atoms with Gasteiger partial charge in [0.25, 0.3) is 5.91 Å². The lowest BCUT2D eigenvalue weighted by Gasteiger charge is -2.09. The third kappa shape index (κ3) is 2.86.